The lowest BCUT2D eigenvalue weighted by atomic mass is 9.92. The molecule has 0 aliphatic heterocycles. The molecule has 0 radical (unpaired) electrons. The minimum absolute atomic E-state index is 0. The van der Waals surface area contributed by atoms with Gasteiger partial charge in [0.15, 0.2) is 0 Å². The Balaban J connectivity index is 0.00000208. The van der Waals surface area contributed by atoms with Crippen molar-refractivity contribution in [1.82, 2.24) is 5.32 Å². The highest BCUT2D eigenvalue weighted by Gasteiger charge is 2.31. The first-order valence-corrected chi connectivity index (χ1v) is 8.69. The van der Waals surface area contributed by atoms with Crippen molar-refractivity contribution in [3.63, 3.8) is 0 Å². The molecule has 2 atom stereocenters. The van der Waals surface area contributed by atoms with E-state index in [9.17, 15) is 4.79 Å². The van der Waals surface area contributed by atoms with Crippen LogP contribution in [-0.2, 0) is 16.8 Å². The molecule has 0 saturated carbocycles. The van der Waals surface area contributed by atoms with Crippen molar-refractivity contribution in [2.75, 3.05) is 6.54 Å². The van der Waals surface area contributed by atoms with Crippen LogP contribution < -0.4 is 11.1 Å². The van der Waals surface area contributed by atoms with Gasteiger partial charge in [0.25, 0.3) is 0 Å². The lowest BCUT2D eigenvalue weighted by molar-refractivity contribution is -0.126. The topological polar surface area (TPSA) is 55.1 Å². The fraction of sp³-hybridized carbons (Fsp3) is 0.316. The van der Waals surface area contributed by atoms with Crippen LogP contribution in [0.4, 0.5) is 0 Å². The molecule has 0 spiro atoms. The smallest absolute Gasteiger partial charge is 0.244 e. The van der Waals surface area contributed by atoms with E-state index in [1.807, 2.05) is 24.3 Å². The van der Waals surface area contributed by atoms with Gasteiger partial charge in [-0.2, -0.15) is 0 Å². The summed E-state index contributed by atoms with van der Waals surface area (Å²) in [6, 6.07) is 16.0. The van der Waals surface area contributed by atoms with Crippen LogP contribution in [-0.4, -0.2) is 12.5 Å². The van der Waals surface area contributed by atoms with Crippen LogP contribution in [0.5, 0.6) is 0 Å². The second-order valence-corrected chi connectivity index (χ2v) is 7.27. The molecule has 0 aromatic heterocycles. The van der Waals surface area contributed by atoms with E-state index < -0.39 is 5.54 Å². The average molecular weight is 410 g/mol. The molecule has 24 heavy (non-hydrogen) atoms. The molecule has 3 rings (SSSR count). The SMILES string of the molecule is CC(N)(C(=O)NCC1CCc2ccccc21)c1ccc(Br)cc1.Cl. The highest BCUT2D eigenvalue weighted by molar-refractivity contribution is 9.10. The first kappa shape index (κ1) is 19.0. The van der Waals surface area contributed by atoms with Gasteiger partial charge < -0.3 is 11.1 Å². The van der Waals surface area contributed by atoms with E-state index in [-0.39, 0.29) is 18.3 Å². The van der Waals surface area contributed by atoms with Crippen LogP contribution in [0, 0.1) is 0 Å². The molecule has 0 heterocycles. The highest BCUT2D eigenvalue weighted by atomic mass is 79.9. The van der Waals surface area contributed by atoms with Gasteiger partial charge in [-0.1, -0.05) is 52.3 Å². The van der Waals surface area contributed by atoms with Gasteiger partial charge in [-0.15, -0.1) is 12.4 Å². The predicted molar refractivity (Wildman–Crippen MR) is 103 cm³/mol. The van der Waals surface area contributed by atoms with Gasteiger partial charge in [-0.3, -0.25) is 4.79 Å². The Kier molecular flexibility index (Phi) is 6.07. The van der Waals surface area contributed by atoms with Gasteiger partial charge in [0.1, 0.15) is 5.54 Å². The summed E-state index contributed by atoms with van der Waals surface area (Å²) in [7, 11) is 0. The van der Waals surface area contributed by atoms with Crippen molar-refractivity contribution < 1.29 is 4.79 Å². The third-order valence-corrected chi connectivity index (χ3v) is 5.21. The monoisotopic (exact) mass is 408 g/mol. The number of nitrogens with one attached hydrogen (secondary N) is 1. The van der Waals surface area contributed by atoms with E-state index in [2.05, 4.69) is 45.5 Å². The standard InChI is InChI=1S/C19H21BrN2O.ClH/c1-19(21,15-8-10-16(20)11-9-15)18(23)22-12-14-7-6-13-4-2-3-5-17(13)14;/h2-5,8-11,14H,6-7,12,21H2,1H3,(H,22,23);1H. The number of rotatable bonds is 4. The lowest BCUT2D eigenvalue weighted by Gasteiger charge is -2.25. The maximum atomic E-state index is 12.6. The van der Waals surface area contributed by atoms with E-state index >= 15 is 0 Å². The highest BCUT2D eigenvalue weighted by Crippen LogP contribution is 2.32. The molecule has 3 N–H and O–H groups in total. The Morgan fingerprint density at radius 2 is 1.92 bits per heavy atom. The van der Waals surface area contributed by atoms with Gasteiger partial charge in [-0.05, 0) is 48.6 Å². The number of aryl methyl sites for hydroxylation is 1. The van der Waals surface area contributed by atoms with E-state index in [0.29, 0.717) is 12.5 Å². The molecule has 0 saturated heterocycles. The first-order chi connectivity index (χ1) is 11.0. The minimum Gasteiger partial charge on any atom is -0.354 e. The van der Waals surface area contributed by atoms with Crippen LogP contribution in [0.1, 0.15) is 36.0 Å². The molecule has 128 valence electrons. The number of hydrogen-bond acceptors (Lipinski definition) is 2. The number of carbonyl (C=O) groups excluding carboxylic acids is 1. The molecule has 1 aliphatic carbocycles. The summed E-state index contributed by atoms with van der Waals surface area (Å²) >= 11 is 3.40. The van der Waals surface area contributed by atoms with Crippen LogP contribution in [0.25, 0.3) is 0 Å². The predicted octanol–water partition coefficient (Wildman–Crippen LogP) is 3.89. The molecule has 2 aromatic carbocycles. The maximum absolute atomic E-state index is 12.6. The van der Waals surface area contributed by atoms with E-state index in [1.165, 1.54) is 11.1 Å². The van der Waals surface area contributed by atoms with Crippen LogP contribution in [0.15, 0.2) is 53.0 Å². The van der Waals surface area contributed by atoms with Crippen LogP contribution in [0.3, 0.4) is 0 Å². The Morgan fingerprint density at radius 3 is 2.62 bits per heavy atom. The molecule has 1 amide bonds. The summed E-state index contributed by atoms with van der Waals surface area (Å²) in [4.78, 5) is 12.6. The second-order valence-electron chi connectivity index (χ2n) is 6.35. The van der Waals surface area contributed by atoms with Crippen LogP contribution in [0.2, 0.25) is 0 Å². The molecular formula is C19H22BrClN2O. The molecule has 1 aliphatic rings. The summed E-state index contributed by atoms with van der Waals surface area (Å²) in [5.74, 6) is 0.250. The van der Waals surface area contributed by atoms with Crippen molar-refractivity contribution in [1.29, 1.82) is 0 Å². The second kappa shape index (κ2) is 7.68. The molecule has 2 unspecified atom stereocenters. The maximum Gasteiger partial charge on any atom is 0.244 e. The zero-order chi connectivity index (χ0) is 16.4. The van der Waals surface area contributed by atoms with E-state index in [1.54, 1.807) is 6.92 Å². The van der Waals surface area contributed by atoms with Gasteiger partial charge in [0, 0.05) is 16.9 Å². The average Bonchev–Trinajstić information content (AvgIpc) is 2.96. The summed E-state index contributed by atoms with van der Waals surface area (Å²) in [5, 5.41) is 3.04. The number of fused-ring (bicyclic) bond motifs is 1. The minimum atomic E-state index is -1.03. The number of nitrogens with two attached hydrogens (primary N) is 1. The largest absolute Gasteiger partial charge is 0.354 e. The van der Waals surface area contributed by atoms with E-state index in [0.717, 1.165) is 22.9 Å². The molecule has 0 bridgehead atoms. The van der Waals surface area contributed by atoms with Crippen molar-refractivity contribution in [2.24, 2.45) is 5.73 Å². The Labute approximate surface area is 157 Å². The Bertz CT molecular complexity index is 716. The van der Waals surface area contributed by atoms with Crippen molar-refractivity contribution in [3.8, 4) is 0 Å². The fourth-order valence-electron chi connectivity index (χ4n) is 3.18. The quantitative estimate of drug-likeness (QED) is 0.805. The fourth-order valence-corrected chi connectivity index (χ4v) is 3.45. The Hall–Kier alpha value is -1.36. The zero-order valence-electron chi connectivity index (χ0n) is 13.6. The third kappa shape index (κ3) is 3.82. The number of halogens is 2. The van der Waals surface area contributed by atoms with Gasteiger partial charge >= 0.3 is 0 Å². The lowest BCUT2D eigenvalue weighted by Crippen LogP contribution is -2.49. The normalized spacial score (nSPS) is 18.2. The number of hydrogen-bond donors (Lipinski definition) is 2. The van der Waals surface area contributed by atoms with Crippen molar-refractivity contribution in [3.05, 3.63) is 69.7 Å². The molecule has 3 nitrogen and oxygen atoms in total. The summed E-state index contributed by atoms with van der Waals surface area (Å²) in [6.07, 6.45) is 2.17. The van der Waals surface area contributed by atoms with Crippen LogP contribution >= 0.6 is 28.3 Å². The summed E-state index contributed by atoms with van der Waals surface area (Å²) < 4.78 is 0.972. The van der Waals surface area contributed by atoms with Crippen molar-refractivity contribution >= 4 is 34.2 Å². The van der Waals surface area contributed by atoms with Gasteiger partial charge in [0.2, 0.25) is 5.91 Å². The third-order valence-electron chi connectivity index (χ3n) is 4.68. The van der Waals surface area contributed by atoms with Gasteiger partial charge in [0.05, 0.1) is 0 Å². The summed E-state index contributed by atoms with van der Waals surface area (Å²) in [5.41, 5.74) is 8.82. The van der Waals surface area contributed by atoms with Gasteiger partial charge in [-0.25, -0.2) is 0 Å². The zero-order valence-corrected chi connectivity index (χ0v) is 16.0. The molecule has 5 heteroatoms. The van der Waals surface area contributed by atoms with E-state index in [4.69, 9.17) is 5.73 Å². The first-order valence-electron chi connectivity index (χ1n) is 7.89. The van der Waals surface area contributed by atoms with Crippen molar-refractivity contribution in [2.45, 2.75) is 31.2 Å². The molecular weight excluding hydrogens is 388 g/mol. The molecule has 2 aromatic rings. The molecule has 0 fully saturated rings. The number of carbonyl (C=O) groups is 1. The summed E-state index contributed by atoms with van der Waals surface area (Å²) in [6.45, 7) is 2.40. The number of amides is 1. The number of benzene rings is 2. The Morgan fingerprint density at radius 1 is 1.25 bits per heavy atom.